The molecule has 0 fully saturated rings. The molecule has 0 atom stereocenters. The number of nitrogens with zero attached hydrogens (tertiary/aromatic N) is 1. The van der Waals surface area contributed by atoms with Gasteiger partial charge in [-0.2, -0.15) is 0 Å². The molecule has 0 aliphatic heterocycles. The summed E-state index contributed by atoms with van der Waals surface area (Å²) < 4.78 is 1.32. The van der Waals surface area contributed by atoms with Gasteiger partial charge in [-0.25, -0.2) is 0 Å². The number of aliphatic carboxylic acids is 2. The molecule has 0 amide bonds. The second kappa shape index (κ2) is 21.9. The summed E-state index contributed by atoms with van der Waals surface area (Å²) in [5, 5.41) is 17.8. The van der Waals surface area contributed by atoms with E-state index < -0.39 is 11.9 Å². The average Bonchev–Trinajstić information content (AvgIpc) is 2.40. The zero-order chi connectivity index (χ0) is 18.0. The van der Waals surface area contributed by atoms with Crippen LogP contribution in [-0.2, 0) is 9.59 Å². The zero-order valence-electron chi connectivity index (χ0n) is 16.4. The minimum atomic E-state index is -1.08. The standard InChI is InChI=1S/C13H30N.2C2H4O2.Na/c1-5-8-11-14(4,12-9-6-2)13-10-7-3;2*1-2(3)4;/h5-13H2,1-4H3;2*1H3,(H,3,4);/q+1;;;+1/p-2. The van der Waals surface area contributed by atoms with Gasteiger partial charge in [-0.3, -0.25) is 0 Å². The van der Waals surface area contributed by atoms with Crippen LogP contribution in [0.15, 0.2) is 0 Å². The second-order valence-corrected chi connectivity index (χ2v) is 5.83. The van der Waals surface area contributed by atoms with Gasteiger partial charge in [0.25, 0.3) is 0 Å². The molecule has 0 rings (SSSR count). The Balaban J connectivity index is -0.000000167. The van der Waals surface area contributed by atoms with E-state index in [0.29, 0.717) is 0 Å². The first kappa shape index (κ1) is 30.7. The summed E-state index contributed by atoms with van der Waals surface area (Å²) in [6.07, 6.45) is 8.20. The Bertz CT molecular complexity index is 232. The van der Waals surface area contributed by atoms with Crippen molar-refractivity contribution in [2.24, 2.45) is 0 Å². The van der Waals surface area contributed by atoms with Gasteiger partial charge < -0.3 is 24.3 Å². The van der Waals surface area contributed by atoms with Crippen LogP contribution in [-0.4, -0.2) is 43.1 Å². The van der Waals surface area contributed by atoms with Crippen LogP contribution in [0, 0.1) is 0 Å². The molecule has 0 N–H and O–H groups in total. The topological polar surface area (TPSA) is 80.3 Å². The molecule has 0 aromatic rings. The van der Waals surface area contributed by atoms with E-state index in [2.05, 4.69) is 27.8 Å². The fourth-order valence-electron chi connectivity index (χ4n) is 1.95. The van der Waals surface area contributed by atoms with Crippen LogP contribution in [0.25, 0.3) is 0 Å². The molecule has 23 heavy (non-hydrogen) atoms. The minimum Gasteiger partial charge on any atom is -0.550 e. The van der Waals surface area contributed by atoms with Crippen LogP contribution < -0.4 is 39.8 Å². The molecular formula is C17H36NNaO4. The molecule has 0 unspecified atom stereocenters. The fourth-order valence-corrected chi connectivity index (χ4v) is 1.95. The number of carboxylic acid groups (broad SMARTS) is 2. The molecule has 0 aromatic carbocycles. The van der Waals surface area contributed by atoms with E-state index in [1.807, 2.05) is 0 Å². The van der Waals surface area contributed by atoms with E-state index in [0.717, 1.165) is 13.8 Å². The molecule has 6 heteroatoms. The monoisotopic (exact) mass is 341 g/mol. The van der Waals surface area contributed by atoms with E-state index in [-0.39, 0.29) is 29.6 Å². The quantitative estimate of drug-likeness (QED) is 0.372. The van der Waals surface area contributed by atoms with Gasteiger partial charge in [0.05, 0.1) is 26.7 Å². The molecule has 0 aliphatic carbocycles. The third-order valence-electron chi connectivity index (χ3n) is 3.15. The first-order chi connectivity index (χ1) is 10.1. The van der Waals surface area contributed by atoms with Crippen molar-refractivity contribution in [3.63, 3.8) is 0 Å². The Kier molecular flexibility index (Phi) is 29.3. The predicted molar refractivity (Wildman–Crippen MR) is 86.9 cm³/mol. The first-order valence-corrected chi connectivity index (χ1v) is 8.33. The van der Waals surface area contributed by atoms with Crippen molar-refractivity contribution in [3.05, 3.63) is 0 Å². The third-order valence-corrected chi connectivity index (χ3v) is 3.15. The van der Waals surface area contributed by atoms with Crippen LogP contribution in [0.4, 0.5) is 0 Å². The first-order valence-electron chi connectivity index (χ1n) is 8.33. The van der Waals surface area contributed by atoms with E-state index in [4.69, 9.17) is 19.8 Å². The average molecular weight is 341 g/mol. The maximum absolute atomic E-state index is 8.89. The van der Waals surface area contributed by atoms with Crippen molar-refractivity contribution in [3.8, 4) is 0 Å². The minimum absolute atomic E-state index is 0. The van der Waals surface area contributed by atoms with Crippen LogP contribution in [0.1, 0.15) is 73.1 Å². The SMILES string of the molecule is CC(=O)[O-].CC(=O)[O-].CCCC[N+](C)(CCCC)CCCC.[Na+]. The molecule has 0 saturated heterocycles. The number of quaternary nitrogens is 1. The molecule has 0 bridgehead atoms. The number of carbonyl (C=O) groups excluding carboxylic acids is 2. The van der Waals surface area contributed by atoms with Crippen molar-refractivity contribution in [2.45, 2.75) is 73.1 Å². The van der Waals surface area contributed by atoms with Gasteiger partial charge in [-0.1, -0.05) is 40.0 Å². The fraction of sp³-hybridized carbons (Fsp3) is 0.882. The van der Waals surface area contributed by atoms with Gasteiger partial charge in [0.1, 0.15) is 0 Å². The summed E-state index contributed by atoms with van der Waals surface area (Å²) in [6.45, 7) is 13.0. The summed E-state index contributed by atoms with van der Waals surface area (Å²) in [7, 11) is 2.45. The molecule has 0 heterocycles. The van der Waals surface area contributed by atoms with Gasteiger partial charge in [0.2, 0.25) is 0 Å². The Morgan fingerprint density at radius 2 is 0.913 bits per heavy atom. The number of carboxylic acids is 2. The van der Waals surface area contributed by atoms with Crippen molar-refractivity contribution < 1.29 is 53.8 Å². The molecule has 5 nitrogen and oxygen atoms in total. The molecule has 0 radical (unpaired) electrons. The largest absolute Gasteiger partial charge is 1.00 e. The molecule has 0 saturated carbocycles. The van der Waals surface area contributed by atoms with Gasteiger partial charge in [0.15, 0.2) is 0 Å². The number of hydrogen-bond acceptors (Lipinski definition) is 4. The summed E-state index contributed by atoms with van der Waals surface area (Å²) in [4.78, 5) is 17.8. The van der Waals surface area contributed by atoms with Crippen molar-refractivity contribution >= 4 is 11.9 Å². The summed E-state index contributed by atoms with van der Waals surface area (Å²) >= 11 is 0. The molecule has 0 aliphatic rings. The molecule has 0 aromatic heterocycles. The van der Waals surface area contributed by atoms with E-state index in [1.54, 1.807) is 0 Å². The van der Waals surface area contributed by atoms with Crippen molar-refractivity contribution in [2.75, 3.05) is 26.7 Å². The molecular weight excluding hydrogens is 305 g/mol. The molecule has 0 spiro atoms. The summed E-state index contributed by atoms with van der Waals surface area (Å²) in [5.74, 6) is -2.17. The van der Waals surface area contributed by atoms with Gasteiger partial charge >= 0.3 is 29.6 Å². The van der Waals surface area contributed by atoms with Crippen molar-refractivity contribution in [1.29, 1.82) is 0 Å². The maximum atomic E-state index is 8.89. The second-order valence-electron chi connectivity index (χ2n) is 5.83. The van der Waals surface area contributed by atoms with Gasteiger partial charge in [0, 0.05) is 11.9 Å². The smallest absolute Gasteiger partial charge is 0.550 e. The Labute approximate surface area is 165 Å². The number of rotatable bonds is 9. The molecule has 134 valence electrons. The normalized spacial score (nSPS) is 9.48. The summed E-state index contributed by atoms with van der Waals surface area (Å²) in [6, 6.07) is 0. The van der Waals surface area contributed by atoms with Crippen LogP contribution in [0.2, 0.25) is 0 Å². The van der Waals surface area contributed by atoms with Gasteiger partial charge in [-0.05, 0) is 33.1 Å². The Morgan fingerprint density at radius 1 is 0.739 bits per heavy atom. The predicted octanol–water partition coefficient (Wildman–Crippen LogP) is -1.65. The van der Waals surface area contributed by atoms with E-state index >= 15 is 0 Å². The Morgan fingerprint density at radius 3 is 1.04 bits per heavy atom. The maximum Gasteiger partial charge on any atom is 1.00 e. The number of hydrogen-bond donors (Lipinski definition) is 0. The zero-order valence-corrected chi connectivity index (χ0v) is 18.4. The van der Waals surface area contributed by atoms with Crippen molar-refractivity contribution in [1.82, 2.24) is 0 Å². The van der Waals surface area contributed by atoms with Crippen LogP contribution in [0.3, 0.4) is 0 Å². The van der Waals surface area contributed by atoms with E-state index in [9.17, 15) is 0 Å². The van der Waals surface area contributed by atoms with Crippen LogP contribution in [0.5, 0.6) is 0 Å². The van der Waals surface area contributed by atoms with Gasteiger partial charge in [-0.15, -0.1) is 0 Å². The summed E-state index contributed by atoms with van der Waals surface area (Å²) in [5.41, 5.74) is 0. The third kappa shape index (κ3) is 39.1. The van der Waals surface area contributed by atoms with Crippen LogP contribution >= 0.6 is 0 Å². The number of unbranched alkanes of at least 4 members (excludes halogenated alkanes) is 3. The number of carbonyl (C=O) groups is 2. The van der Waals surface area contributed by atoms with E-state index in [1.165, 1.54) is 62.6 Å². The Hall–Kier alpha value is -0.100.